The van der Waals surface area contributed by atoms with Gasteiger partial charge in [-0.1, -0.05) is 24.3 Å². The molecule has 1 N–H and O–H groups in total. The lowest BCUT2D eigenvalue weighted by atomic mass is 10.1. The minimum absolute atomic E-state index is 0.0303. The van der Waals surface area contributed by atoms with Gasteiger partial charge in [0.05, 0.1) is 17.7 Å². The van der Waals surface area contributed by atoms with Crippen LogP contribution in [0.5, 0.6) is 5.75 Å². The van der Waals surface area contributed by atoms with Gasteiger partial charge in [0.2, 0.25) is 11.8 Å². The Balaban J connectivity index is 1.56. The van der Waals surface area contributed by atoms with E-state index in [-0.39, 0.29) is 30.3 Å². The fourth-order valence-electron chi connectivity index (χ4n) is 3.08. The molecule has 1 aliphatic rings. The van der Waals surface area contributed by atoms with Crippen LogP contribution in [0.25, 0.3) is 0 Å². The number of carbonyl (C=O) groups excluding carboxylic acids is 2. The number of benzene rings is 2. The van der Waals surface area contributed by atoms with Gasteiger partial charge >= 0.3 is 0 Å². The molecule has 1 heterocycles. The van der Waals surface area contributed by atoms with E-state index in [0.29, 0.717) is 13.1 Å². The van der Waals surface area contributed by atoms with Gasteiger partial charge in [0, 0.05) is 24.0 Å². The zero-order valence-corrected chi connectivity index (χ0v) is 17.0. The third-order valence-corrected chi connectivity index (χ3v) is 5.07. The number of anilines is 1. The number of ether oxygens (including phenoxy) is 1. The fraction of sp³-hybridized carbons (Fsp3) is 0.333. The maximum atomic E-state index is 12.5. The Hall–Kier alpha value is -2.34. The first-order valence-electron chi connectivity index (χ1n) is 9.02. The highest BCUT2D eigenvalue weighted by Crippen LogP contribution is 2.31. The van der Waals surface area contributed by atoms with Gasteiger partial charge in [-0.3, -0.25) is 9.59 Å². The second-order valence-corrected chi connectivity index (χ2v) is 7.74. The Morgan fingerprint density at radius 3 is 2.59 bits per heavy atom. The van der Waals surface area contributed by atoms with Crippen molar-refractivity contribution in [3.8, 4) is 5.75 Å². The van der Waals surface area contributed by atoms with Crippen molar-refractivity contribution in [2.45, 2.75) is 32.9 Å². The molecule has 6 heteroatoms. The summed E-state index contributed by atoms with van der Waals surface area (Å²) < 4.78 is 6.47. The second kappa shape index (κ2) is 8.57. The molecule has 3 rings (SSSR count). The lowest BCUT2D eigenvalue weighted by molar-refractivity contribution is -0.126. The van der Waals surface area contributed by atoms with Gasteiger partial charge in [0.15, 0.2) is 0 Å². The highest BCUT2D eigenvalue weighted by molar-refractivity contribution is 9.10. The molecule has 1 atom stereocenters. The number of halogens is 1. The molecule has 0 saturated carbocycles. The smallest absolute Gasteiger partial charge is 0.227 e. The van der Waals surface area contributed by atoms with Gasteiger partial charge in [-0.25, -0.2) is 0 Å². The van der Waals surface area contributed by atoms with Crippen LogP contribution in [0.4, 0.5) is 5.69 Å². The first-order chi connectivity index (χ1) is 12.9. The topological polar surface area (TPSA) is 58.6 Å². The number of hydrogen-bond acceptors (Lipinski definition) is 3. The average Bonchev–Trinajstić information content (AvgIpc) is 3.02. The standard InChI is InChI=1S/C21H23BrN2O3/c1-14(2)27-17-9-7-15(8-10-17)12-23-21(26)16-11-20(25)24(13-16)19-6-4-3-5-18(19)22/h3-10,14,16H,11-13H2,1-2H3,(H,23,26). The molecule has 0 aliphatic carbocycles. The van der Waals surface area contributed by atoms with E-state index < -0.39 is 0 Å². The van der Waals surface area contributed by atoms with E-state index in [1.807, 2.05) is 62.4 Å². The summed E-state index contributed by atoms with van der Waals surface area (Å²) in [6.07, 6.45) is 0.358. The van der Waals surface area contributed by atoms with Crippen molar-refractivity contribution in [1.82, 2.24) is 5.32 Å². The van der Waals surface area contributed by atoms with Crippen LogP contribution in [-0.4, -0.2) is 24.5 Å². The van der Waals surface area contributed by atoms with Crippen molar-refractivity contribution >= 4 is 33.4 Å². The zero-order valence-electron chi connectivity index (χ0n) is 15.4. The van der Waals surface area contributed by atoms with Crippen LogP contribution in [-0.2, 0) is 16.1 Å². The third kappa shape index (κ3) is 4.89. The molecule has 27 heavy (non-hydrogen) atoms. The summed E-state index contributed by atoms with van der Waals surface area (Å²) in [5.74, 6) is 0.344. The molecule has 1 saturated heterocycles. The van der Waals surface area contributed by atoms with Crippen molar-refractivity contribution in [2.75, 3.05) is 11.4 Å². The Kier molecular flexibility index (Phi) is 6.16. The normalized spacial score (nSPS) is 16.7. The maximum Gasteiger partial charge on any atom is 0.227 e. The molecule has 1 fully saturated rings. The van der Waals surface area contributed by atoms with E-state index in [4.69, 9.17) is 4.74 Å². The molecule has 1 aliphatic heterocycles. The molecule has 142 valence electrons. The summed E-state index contributed by atoms with van der Waals surface area (Å²) in [5.41, 5.74) is 1.80. The number of para-hydroxylation sites is 1. The third-order valence-electron chi connectivity index (χ3n) is 4.40. The van der Waals surface area contributed by atoms with Gasteiger partial charge in [0.25, 0.3) is 0 Å². The molecule has 0 radical (unpaired) electrons. The minimum atomic E-state index is -0.340. The monoisotopic (exact) mass is 430 g/mol. The molecular formula is C21H23BrN2O3. The van der Waals surface area contributed by atoms with Crippen LogP contribution in [0, 0.1) is 5.92 Å². The lowest BCUT2D eigenvalue weighted by Gasteiger charge is -2.18. The summed E-state index contributed by atoms with van der Waals surface area (Å²) in [5, 5.41) is 2.94. The van der Waals surface area contributed by atoms with Crippen LogP contribution in [0.3, 0.4) is 0 Å². The van der Waals surface area contributed by atoms with Crippen molar-refractivity contribution in [1.29, 1.82) is 0 Å². The Labute approximate surface area is 167 Å². The molecule has 0 bridgehead atoms. The van der Waals surface area contributed by atoms with E-state index >= 15 is 0 Å². The van der Waals surface area contributed by atoms with Crippen LogP contribution in [0.1, 0.15) is 25.8 Å². The molecule has 1 unspecified atom stereocenters. The number of carbonyl (C=O) groups is 2. The summed E-state index contributed by atoms with van der Waals surface area (Å²) in [6.45, 7) is 4.79. The van der Waals surface area contributed by atoms with Gasteiger partial charge in [0.1, 0.15) is 5.75 Å². The van der Waals surface area contributed by atoms with Gasteiger partial charge in [-0.05, 0) is 59.6 Å². The molecule has 2 amide bonds. The minimum Gasteiger partial charge on any atom is -0.491 e. The van der Waals surface area contributed by atoms with E-state index in [1.54, 1.807) is 4.90 Å². The fourth-order valence-corrected chi connectivity index (χ4v) is 3.58. The Morgan fingerprint density at radius 2 is 1.93 bits per heavy atom. The highest BCUT2D eigenvalue weighted by Gasteiger charge is 2.35. The van der Waals surface area contributed by atoms with Gasteiger partial charge in [-0.2, -0.15) is 0 Å². The summed E-state index contributed by atoms with van der Waals surface area (Å²) in [7, 11) is 0. The van der Waals surface area contributed by atoms with Crippen LogP contribution >= 0.6 is 15.9 Å². The Morgan fingerprint density at radius 1 is 1.22 bits per heavy atom. The van der Waals surface area contributed by atoms with Crippen LogP contribution < -0.4 is 15.0 Å². The largest absolute Gasteiger partial charge is 0.491 e. The van der Waals surface area contributed by atoms with E-state index in [2.05, 4.69) is 21.2 Å². The summed E-state index contributed by atoms with van der Waals surface area (Å²) in [4.78, 5) is 26.5. The maximum absolute atomic E-state index is 12.5. The van der Waals surface area contributed by atoms with E-state index in [9.17, 15) is 9.59 Å². The van der Waals surface area contributed by atoms with Crippen LogP contribution in [0.15, 0.2) is 53.0 Å². The quantitative estimate of drug-likeness (QED) is 0.755. The SMILES string of the molecule is CC(C)Oc1ccc(CNC(=O)C2CC(=O)N(c3ccccc3Br)C2)cc1. The van der Waals surface area contributed by atoms with Crippen molar-refractivity contribution in [3.63, 3.8) is 0 Å². The molecule has 0 aromatic heterocycles. The first-order valence-corrected chi connectivity index (χ1v) is 9.81. The Bertz CT molecular complexity index is 820. The number of hydrogen-bond donors (Lipinski definition) is 1. The molecule has 5 nitrogen and oxygen atoms in total. The number of rotatable bonds is 6. The molecule has 0 spiro atoms. The van der Waals surface area contributed by atoms with Crippen molar-refractivity contribution in [2.24, 2.45) is 5.92 Å². The summed E-state index contributed by atoms with van der Waals surface area (Å²) >= 11 is 3.47. The van der Waals surface area contributed by atoms with Crippen molar-refractivity contribution in [3.05, 3.63) is 58.6 Å². The summed E-state index contributed by atoms with van der Waals surface area (Å²) in [6, 6.07) is 15.2. The second-order valence-electron chi connectivity index (χ2n) is 6.89. The predicted molar refractivity (Wildman–Crippen MR) is 109 cm³/mol. The molecule has 2 aromatic rings. The lowest BCUT2D eigenvalue weighted by Crippen LogP contribution is -2.32. The first kappa shape index (κ1) is 19.4. The number of nitrogens with zero attached hydrogens (tertiary/aromatic N) is 1. The van der Waals surface area contributed by atoms with E-state index in [1.165, 1.54) is 0 Å². The molecule has 2 aromatic carbocycles. The average molecular weight is 431 g/mol. The molecular weight excluding hydrogens is 408 g/mol. The van der Waals surface area contributed by atoms with Gasteiger partial charge in [-0.15, -0.1) is 0 Å². The predicted octanol–water partition coefficient (Wildman–Crippen LogP) is 3.91. The zero-order chi connectivity index (χ0) is 19.4. The number of amides is 2. The number of nitrogens with one attached hydrogen (secondary N) is 1. The van der Waals surface area contributed by atoms with Crippen LogP contribution in [0.2, 0.25) is 0 Å². The van der Waals surface area contributed by atoms with Crippen molar-refractivity contribution < 1.29 is 14.3 Å². The van der Waals surface area contributed by atoms with Gasteiger partial charge < -0.3 is 15.0 Å². The highest BCUT2D eigenvalue weighted by atomic mass is 79.9. The van der Waals surface area contributed by atoms with E-state index in [0.717, 1.165) is 21.5 Å².